The maximum Gasteiger partial charge on any atom is 0.0701 e. The van der Waals surface area contributed by atoms with Crippen molar-refractivity contribution in [2.45, 2.75) is 11.2 Å². The van der Waals surface area contributed by atoms with Gasteiger partial charge in [-0.05, 0) is 57.1 Å². The Morgan fingerprint density at radius 3 is 2.38 bits per heavy atom. The molecule has 1 unspecified atom stereocenters. The Hall–Kier alpha value is 0.360. The molecule has 0 aliphatic heterocycles. The van der Waals surface area contributed by atoms with Crippen molar-refractivity contribution in [3.8, 4) is 0 Å². The quantitative estimate of drug-likeness (QED) is 0.534. The van der Waals surface area contributed by atoms with Crippen molar-refractivity contribution < 1.29 is 0 Å². The number of alkyl halides is 1. The van der Waals surface area contributed by atoms with Crippen LogP contribution >= 0.6 is 59.1 Å². The van der Waals surface area contributed by atoms with Gasteiger partial charge in [0.25, 0.3) is 0 Å². The second kappa shape index (κ2) is 5.80. The summed E-state index contributed by atoms with van der Waals surface area (Å²) in [5.74, 6) is 0. The number of rotatable bonds is 3. The van der Waals surface area contributed by atoms with Crippen LogP contribution in [0.2, 0.25) is 0 Å². The Morgan fingerprint density at radius 1 is 1.12 bits per heavy atom. The molecule has 0 aliphatic rings. The molecule has 0 fully saturated rings. The lowest BCUT2D eigenvalue weighted by Crippen LogP contribution is -1.93. The molecule has 84 valence electrons. The molecule has 1 atom stereocenters. The summed E-state index contributed by atoms with van der Waals surface area (Å²) in [7, 11) is 0. The largest absolute Gasteiger partial charge is 0.137 e. The zero-order valence-electron chi connectivity index (χ0n) is 8.29. The van der Waals surface area contributed by atoms with Crippen molar-refractivity contribution in [2.75, 3.05) is 0 Å². The standard InChI is InChI=1S/C12H9Br3S/c13-10-3-1-8(2-4-10)5-11(14)9-6-12(15)16-7-9/h1-4,6-7,11H,5H2. The first-order valence-corrected chi connectivity index (χ1v) is 8.16. The monoisotopic (exact) mass is 422 g/mol. The first-order valence-electron chi connectivity index (χ1n) is 4.77. The van der Waals surface area contributed by atoms with Gasteiger partial charge >= 0.3 is 0 Å². The topological polar surface area (TPSA) is 0 Å². The second-order valence-electron chi connectivity index (χ2n) is 3.48. The van der Waals surface area contributed by atoms with E-state index in [2.05, 4.69) is 83.5 Å². The molecule has 1 aromatic carbocycles. The Bertz CT molecular complexity index is 461. The molecular formula is C12H9Br3S. The average molecular weight is 425 g/mol. The molecule has 2 rings (SSSR count). The number of thiophene rings is 1. The van der Waals surface area contributed by atoms with E-state index in [9.17, 15) is 0 Å². The molecule has 16 heavy (non-hydrogen) atoms. The Labute approximate surface area is 124 Å². The number of benzene rings is 1. The van der Waals surface area contributed by atoms with E-state index in [-0.39, 0.29) is 0 Å². The van der Waals surface area contributed by atoms with E-state index in [0.29, 0.717) is 4.83 Å². The van der Waals surface area contributed by atoms with Gasteiger partial charge in [0.15, 0.2) is 0 Å². The molecule has 1 aromatic heterocycles. The molecule has 1 heterocycles. The molecule has 0 saturated carbocycles. The number of hydrogen-bond acceptors (Lipinski definition) is 1. The van der Waals surface area contributed by atoms with Gasteiger partial charge in [-0.2, -0.15) is 0 Å². The third-order valence-corrected chi connectivity index (χ3v) is 5.18. The van der Waals surface area contributed by atoms with E-state index in [1.165, 1.54) is 14.9 Å². The van der Waals surface area contributed by atoms with Crippen LogP contribution in [0.25, 0.3) is 0 Å². The molecule has 0 bridgehead atoms. The predicted octanol–water partition coefficient (Wildman–Crippen LogP) is 5.95. The Morgan fingerprint density at radius 2 is 1.81 bits per heavy atom. The van der Waals surface area contributed by atoms with Crippen LogP contribution in [0.15, 0.2) is 44.0 Å². The SMILES string of the molecule is Brc1ccc(CC(Br)c2csc(Br)c2)cc1. The lowest BCUT2D eigenvalue weighted by Gasteiger charge is -2.07. The van der Waals surface area contributed by atoms with Crippen LogP contribution in [0, 0.1) is 0 Å². The summed E-state index contributed by atoms with van der Waals surface area (Å²) >= 11 is 12.4. The van der Waals surface area contributed by atoms with Crippen molar-refractivity contribution in [1.29, 1.82) is 0 Å². The number of hydrogen-bond donors (Lipinski definition) is 0. The molecule has 4 heteroatoms. The molecule has 0 spiro atoms. The van der Waals surface area contributed by atoms with Crippen molar-refractivity contribution in [3.05, 3.63) is 55.1 Å². The van der Waals surface area contributed by atoms with E-state index < -0.39 is 0 Å². The highest BCUT2D eigenvalue weighted by Crippen LogP contribution is 2.32. The summed E-state index contributed by atoms with van der Waals surface area (Å²) in [5.41, 5.74) is 2.67. The predicted molar refractivity (Wildman–Crippen MR) is 81.5 cm³/mol. The van der Waals surface area contributed by atoms with E-state index in [1.807, 2.05) is 0 Å². The fraction of sp³-hybridized carbons (Fsp3) is 0.167. The lowest BCUT2D eigenvalue weighted by molar-refractivity contribution is 0.954. The summed E-state index contributed by atoms with van der Waals surface area (Å²) in [6.45, 7) is 0. The summed E-state index contributed by atoms with van der Waals surface area (Å²) in [6.07, 6.45) is 1.01. The van der Waals surface area contributed by atoms with Crippen molar-refractivity contribution in [1.82, 2.24) is 0 Å². The van der Waals surface area contributed by atoms with Crippen LogP contribution < -0.4 is 0 Å². The van der Waals surface area contributed by atoms with Crippen LogP contribution in [0.5, 0.6) is 0 Å². The van der Waals surface area contributed by atoms with Crippen LogP contribution in [0.1, 0.15) is 16.0 Å². The van der Waals surface area contributed by atoms with Gasteiger partial charge in [0, 0.05) is 9.30 Å². The Kier molecular flexibility index (Phi) is 4.65. The van der Waals surface area contributed by atoms with Crippen molar-refractivity contribution >= 4 is 59.1 Å². The maximum absolute atomic E-state index is 3.73. The van der Waals surface area contributed by atoms with Crippen LogP contribution in [-0.4, -0.2) is 0 Å². The molecule has 0 radical (unpaired) electrons. The first kappa shape index (κ1) is 12.8. The Balaban J connectivity index is 2.07. The van der Waals surface area contributed by atoms with Gasteiger partial charge in [-0.15, -0.1) is 11.3 Å². The van der Waals surface area contributed by atoms with Crippen LogP contribution in [0.4, 0.5) is 0 Å². The smallest absolute Gasteiger partial charge is 0.0701 e. The zero-order valence-corrected chi connectivity index (χ0v) is 13.9. The van der Waals surface area contributed by atoms with Crippen LogP contribution in [0.3, 0.4) is 0 Å². The fourth-order valence-corrected chi connectivity index (χ4v) is 3.74. The third kappa shape index (κ3) is 3.42. The minimum absolute atomic E-state index is 0.385. The van der Waals surface area contributed by atoms with Gasteiger partial charge in [-0.3, -0.25) is 0 Å². The van der Waals surface area contributed by atoms with Crippen molar-refractivity contribution in [2.24, 2.45) is 0 Å². The lowest BCUT2D eigenvalue weighted by atomic mass is 10.1. The fourth-order valence-electron chi connectivity index (χ4n) is 1.43. The maximum atomic E-state index is 3.73. The third-order valence-electron chi connectivity index (χ3n) is 2.28. The van der Waals surface area contributed by atoms with Gasteiger partial charge in [-0.1, -0.05) is 44.0 Å². The normalized spacial score (nSPS) is 12.7. The summed E-state index contributed by atoms with van der Waals surface area (Å²) in [6, 6.07) is 10.6. The summed E-state index contributed by atoms with van der Waals surface area (Å²) < 4.78 is 2.31. The summed E-state index contributed by atoms with van der Waals surface area (Å²) in [5, 5.41) is 2.18. The first-order chi connectivity index (χ1) is 7.65. The highest BCUT2D eigenvalue weighted by molar-refractivity contribution is 9.11. The number of halogens is 3. The molecule has 0 nitrogen and oxygen atoms in total. The van der Waals surface area contributed by atoms with Gasteiger partial charge in [0.05, 0.1) is 3.79 Å². The van der Waals surface area contributed by atoms with Gasteiger partial charge in [0.1, 0.15) is 0 Å². The molecular weight excluding hydrogens is 416 g/mol. The van der Waals surface area contributed by atoms with E-state index in [4.69, 9.17) is 0 Å². The minimum atomic E-state index is 0.385. The van der Waals surface area contributed by atoms with E-state index >= 15 is 0 Å². The molecule has 2 aromatic rings. The second-order valence-corrected chi connectivity index (χ2v) is 7.79. The van der Waals surface area contributed by atoms with Gasteiger partial charge in [0.2, 0.25) is 0 Å². The van der Waals surface area contributed by atoms with Crippen molar-refractivity contribution in [3.63, 3.8) is 0 Å². The minimum Gasteiger partial charge on any atom is -0.137 e. The van der Waals surface area contributed by atoms with E-state index in [1.54, 1.807) is 11.3 Å². The van der Waals surface area contributed by atoms with Gasteiger partial charge < -0.3 is 0 Å². The molecule has 0 amide bonds. The molecule has 0 N–H and O–H groups in total. The highest BCUT2D eigenvalue weighted by Gasteiger charge is 2.10. The average Bonchev–Trinajstić information content (AvgIpc) is 2.68. The molecule has 0 saturated heterocycles. The zero-order chi connectivity index (χ0) is 11.5. The molecule has 0 aliphatic carbocycles. The highest BCUT2D eigenvalue weighted by atomic mass is 79.9. The van der Waals surface area contributed by atoms with Gasteiger partial charge in [-0.25, -0.2) is 0 Å². The van der Waals surface area contributed by atoms with Crippen LogP contribution in [-0.2, 0) is 6.42 Å². The summed E-state index contributed by atoms with van der Waals surface area (Å²) in [4.78, 5) is 0.385. The van der Waals surface area contributed by atoms with E-state index in [0.717, 1.165) is 10.9 Å².